The zero-order valence-corrected chi connectivity index (χ0v) is 14.6. The molecule has 0 saturated heterocycles. The fourth-order valence-electron chi connectivity index (χ4n) is 2.28. The first-order valence-corrected chi connectivity index (χ1v) is 8.05. The number of hydrogen-bond donors (Lipinski definition) is 1. The van der Waals surface area contributed by atoms with Gasteiger partial charge < -0.3 is 15.0 Å². The standard InChI is InChI=1S/C16H27BrN2O/c1-5-18-16(14-7-6-8-15(17)11-14)9-10-19(3)13(2)12-20-4/h6-8,11,13,16,18H,5,9-10,12H2,1-4H3. The summed E-state index contributed by atoms with van der Waals surface area (Å²) in [5.41, 5.74) is 1.34. The van der Waals surface area contributed by atoms with Crippen molar-refractivity contribution in [3.05, 3.63) is 34.3 Å². The molecule has 0 saturated carbocycles. The van der Waals surface area contributed by atoms with Crippen molar-refractivity contribution in [2.75, 3.05) is 33.9 Å². The summed E-state index contributed by atoms with van der Waals surface area (Å²) in [6, 6.07) is 9.41. The Kier molecular flexibility index (Phi) is 8.38. The Hall–Kier alpha value is -0.420. The molecule has 0 bridgehead atoms. The number of likely N-dealkylation sites (N-methyl/N-ethyl adjacent to an activating group) is 1. The Bertz CT molecular complexity index is 386. The number of ether oxygens (including phenoxy) is 1. The lowest BCUT2D eigenvalue weighted by Crippen LogP contribution is -2.35. The molecule has 2 unspecified atom stereocenters. The van der Waals surface area contributed by atoms with Crippen LogP contribution in [0.15, 0.2) is 28.7 Å². The summed E-state index contributed by atoms with van der Waals surface area (Å²) in [6.07, 6.45) is 1.09. The Morgan fingerprint density at radius 2 is 2.15 bits per heavy atom. The Balaban J connectivity index is 2.59. The normalized spacial score (nSPS) is 14.5. The molecule has 114 valence electrons. The highest BCUT2D eigenvalue weighted by molar-refractivity contribution is 9.10. The van der Waals surface area contributed by atoms with Crippen LogP contribution in [-0.2, 0) is 4.74 Å². The molecule has 0 aliphatic carbocycles. The minimum atomic E-state index is 0.398. The molecule has 1 aromatic carbocycles. The summed E-state index contributed by atoms with van der Waals surface area (Å²) in [5.74, 6) is 0. The number of halogens is 1. The van der Waals surface area contributed by atoms with Gasteiger partial charge in [0.15, 0.2) is 0 Å². The van der Waals surface area contributed by atoms with Crippen LogP contribution in [-0.4, -0.2) is 44.8 Å². The molecule has 0 radical (unpaired) electrons. The first-order valence-electron chi connectivity index (χ1n) is 7.26. The van der Waals surface area contributed by atoms with Crippen molar-refractivity contribution in [1.82, 2.24) is 10.2 Å². The Morgan fingerprint density at radius 1 is 1.40 bits per heavy atom. The van der Waals surface area contributed by atoms with Gasteiger partial charge in [-0.2, -0.15) is 0 Å². The summed E-state index contributed by atoms with van der Waals surface area (Å²) >= 11 is 3.55. The minimum absolute atomic E-state index is 0.398. The highest BCUT2D eigenvalue weighted by Crippen LogP contribution is 2.21. The summed E-state index contributed by atoms with van der Waals surface area (Å²) in [6.45, 7) is 7.16. The smallest absolute Gasteiger partial charge is 0.0615 e. The molecule has 1 rings (SSSR count). The van der Waals surface area contributed by atoms with Crippen LogP contribution in [0, 0.1) is 0 Å². The molecule has 1 N–H and O–H groups in total. The monoisotopic (exact) mass is 342 g/mol. The second kappa shape index (κ2) is 9.50. The summed E-state index contributed by atoms with van der Waals surface area (Å²) in [5, 5.41) is 3.57. The predicted molar refractivity (Wildman–Crippen MR) is 89.1 cm³/mol. The first-order chi connectivity index (χ1) is 9.58. The molecule has 0 amide bonds. The van der Waals surface area contributed by atoms with E-state index in [-0.39, 0.29) is 0 Å². The van der Waals surface area contributed by atoms with E-state index < -0.39 is 0 Å². The van der Waals surface area contributed by atoms with E-state index in [9.17, 15) is 0 Å². The van der Waals surface area contributed by atoms with Crippen LogP contribution in [0.25, 0.3) is 0 Å². The fraction of sp³-hybridized carbons (Fsp3) is 0.625. The van der Waals surface area contributed by atoms with Crippen LogP contribution >= 0.6 is 15.9 Å². The SMILES string of the molecule is CCNC(CCN(C)C(C)COC)c1cccc(Br)c1. The van der Waals surface area contributed by atoms with Gasteiger partial charge in [-0.25, -0.2) is 0 Å². The van der Waals surface area contributed by atoms with E-state index in [1.165, 1.54) is 5.56 Å². The van der Waals surface area contributed by atoms with Crippen LogP contribution in [0.1, 0.15) is 31.9 Å². The number of rotatable bonds is 9. The lowest BCUT2D eigenvalue weighted by atomic mass is 10.0. The van der Waals surface area contributed by atoms with Crippen molar-refractivity contribution in [1.29, 1.82) is 0 Å². The van der Waals surface area contributed by atoms with E-state index in [2.05, 4.69) is 71.3 Å². The maximum Gasteiger partial charge on any atom is 0.0615 e. The maximum absolute atomic E-state index is 5.22. The van der Waals surface area contributed by atoms with Gasteiger partial charge >= 0.3 is 0 Å². The highest BCUT2D eigenvalue weighted by atomic mass is 79.9. The number of hydrogen-bond acceptors (Lipinski definition) is 3. The van der Waals surface area contributed by atoms with Crippen molar-refractivity contribution in [3.8, 4) is 0 Å². The van der Waals surface area contributed by atoms with E-state index in [1.54, 1.807) is 7.11 Å². The molecule has 0 aliphatic rings. The minimum Gasteiger partial charge on any atom is -0.383 e. The topological polar surface area (TPSA) is 24.5 Å². The zero-order valence-electron chi connectivity index (χ0n) is 13.0. The predicted octanol–water partition coefficient (Wildman–Crippen LogP) is 3.46. The fourth-order valence-corrected chi connectivity index (χ4v) is 2.69. The van der Waals surface area contributed by atoms with Gasteiger partial charge in [0.2, 0.25) is 0 Å². The van der Waals surface area contributed by atoms with E-state index in [4.69, 9.17) is 4.74 Å². The zero-order chi connectivity index (χ0) is 15.0. The molecule has 4 heteroatoms. The van der Waals surface area contributed by atoms with E-state index in [1.807, 2.05) is 0 Å². The highest BCUT2D eigenvalue weighted by Gasteiger charge is 2.14. The van der Waals surface area contributed by atoms with Gasteiger partial charge in [-0.15, -0.1) is 0 Å². The van der Waals surface area contributed by atoms with Crippen LogP contribution in [0.4, 0.5) is 0 Å². The molecule has 0 spiro atoms. The quantitative estimate of drug-likeness (QED) is 0.743. The largest absolute Gasteiger partial charge is 0.383 e. The van der Waals surface area contributed by atoms with E-state index >= 15 is 0 Å². The summed E-state index contributed by atoms with van der Waals surface area (Å²) < 4.78 is 6.35. The average Bonchev–Trinajstić information content (AvgIpc) is 2.43. The second-order valence-electron chi connectivity index (χ2n) is 5.24. The van der Waals surface area contributed by atoms with Gasteiger partial charge in [-0.05, 0) is 44.6 Å². The third kappa shape index (κ3) is 5.92. The molecule has 0 aliphatic heterocycles. The molecule has 0 fully saturated rings. The van der Waals surface area contributed by atoms with Crippen molar-refractivity contribution in [3.63, 3.8) is 0 Å². The molecular formula is C16H27BrN2O. The van der Waals surface area contributed by atoms with Crippen molar-refractivity contribution < 1.29 is 4.74 Å². The number of methoxy groups -OCH3 is 1. The molecular weight excluding hydrogens is 316 g/mol. The van der Waals surface area contributed by atoms with Gasteiger partial charge in [0.05, 0.1) is 6.61 Å². The molecule has 2 atom stereocenters. The summed E-state index contributed by atoms with van der Waals surface area (Å²) in [4.78, 5) is 2.35. The molecule has 20 heavy (non-hydrogen) atoms. The lowest BCUT2D eigenvalue weighted by molar-refractivity contribution is 0.113. The third-order valence-electron chi connectivity index (χ3n) is 3.63. The molecule has 1 aromatic rings. The van der Waals surface area contributed by atoms with Gasteiger partial charge in [-0.3, -0.25) is 0 Å². The first kappa shape index (κ1) is 17.6. The number of nitrogens with one attached hydrogen (secondary N) is 1. The van der Waals surface area contributed by atoms with Crippen LogP contribution in [0.2, 0.25) is 0 Å². The Labute approximate surface area is 131 Å². The van der Waals surface area contributed by atoms with Gasteiger partial charge in [0.25, 0.3) is 0 Å². The molecule has 0 heterocycles. The molecule has 0 aromatic heterocycles. The van der Waals surface area contributed by atoms with Crippen LogP contribution in [0.5, 0.6) is 0 Å². The van der Waals surface area contributed by atoms with Crippen molar-refractivity contribution in [2.45, 2.75) is 32.4 Å². The number of benzene rings is 1. The van der Waals surface area contributed by atoms with E-state index in [0.717, 1.165) is 30.6 Å². The third-order valence-corrected chi connectivity index (χ3v) is 4.13. The van der Waals surface area contributed by atoms with E-state index in [0.29, 0.717) is 12.1 Å². The van der Waals surface area contributed by atoms with Gasteiger partial charge in [0.1, 0.15) is 0 Å². The summed E-state index contributed by atoms with van der Waals surface area (Å²) in [7, 11) is 3.92. The van der Waals surface area contributed by atoms with Crippen LogP contribution < -0.4 is 5.32 Å². The van der Waals surface area contributed by atoms with Gasteiger partial charge in [-0.1, -0.05) is 35.0 Å². The van der Waals surface area contributed by atoms with Crippen molar-refractivity contribution in [2.24, 2.45) is 0 Å². The average molecular weight is 343 g/mol. The lowest BCUT2D eigenvalue weighted by Gasteiger charge is -2.27. The Morgan fingerprint density at radius 3 is 2.75 bits per heavy atom. The van der Waals surface area contributed by atoms with Crippen molar-refractivity contribution >= 4 is 15.9 Å². The number of nitrogens with zero attached hydrogens (tertiary/aromatic N) is 1. The van der Waals surface area contributed by atoms with Crippen LogP contribution in [0.3, 0.4) is 0 Å². The second-order valence-corrected chi connectivity index (χ2v) is 6.15. The maximum atomic E-state index is 5.22. The van der Waals surface area contributed by atoms with Gasteiger partial charge in [0, 0.05) is 30.2 Å². The molecule has 3 nitrogen and oxygen atoms in total.